The van der Waals surface area contributed by atoms with Crippen LogP contribution in [-0.2, 0) is 9.53 Å². The van der Waals surface area contributed by atoms with Gasteiger partial charge in [-0.15, -0.1) is 0 Å². The standard InChI is InChI=1S/C6H11NO5/c1-2-12-6(11)7-4(3-8)5(9)10/h4,8H,2-3H2,1H3,(H,7,11)(H,9,10). The van der Waals surface area contributed by atoms with Gasteiger partial charge in [0.05, 0.1) is 13.2 Å². The van der Waals surface area contributed by atoms with Crippen molar-refractivity contribution in [1.29, 1.82) is 0 Å². The van der Waals surface area contributed by atoms with Crippen molar-refractivity contribution in [2.24, 2.45) is 0 Å². The van der Waals surface area contributed by atoms with Gasteiger partial charge in [-0.2, -0.15) is 0 Å². The van der Waals surface area contributed by atoms with Gasteiger partial charge in [0.1, 0.15) is 0 Å². The molecular weight excluding hydrogens is 166 g/mol. The summed E-state index contributed by atoms with van der Waals surface area (Å²) in [6, 6.07) is -1.30. The Labute approximate surface area is 69.1 Å². The molecule has 0 aromatic heterocycles. The molecule has 6 heteroatoms. The second-order valence-electron chi connectivity index (χ2n) is 1.94. The first-order valence-electron chi connectivity index (χ1n) is 3.38. The number of carbonyl (C=O) groups is 2. The van der Waals surface area contributed by atoms with Gasteiger partial charge < -0.3 is 20.3 Å². The molecule has 1 atom stereocenters. The minimum absolute atomic E-state index is 0.156. The number of alkyl carbamates (subject to hydrolysis) is 1. The summed E-state index contributed by atoms with van der Waals surface area (Å²) in [6.07, 6.45) is -0.848. The monoisotopic (exact) mass is 177 g/mol. The van der Waals surface area contributed by atoms with E-state index < -0.39 is 24.7 Å². The number of ether oxygens (including phenoxy) is 1. The van der Waals surface area contributed by atoms with Gasteiger partial charge >= 0.3 is 12.1 Å². The molecule has 70 valence electrons. The van der Waals surface area contributed by atoms with Crippen molar-refractivity contribution in [3.05, 3.63) is 0 Å². The lowest BCUT2D eigenvalue weighted by Gasteiger charge is -2.10. The lowest BCUT2D eigenvalue weighted by atomic mass is 10.3. The summed E-state index contributed by atoms with van der Waals surface area (Å²) in [4.78, 5) is 20.8. The predicted molar refractivity (Wildman–Crippen MR) is 38.7 cm³/mol. The SMILES string of the molecule is CCOC(=O)NC(CO)C(=O)O. The van der Waals surface area contributed by atoms with Crippen molar-refractivity contribution in [2.75, 3.05) is 13.2 Å². The number of amides is 1. The first-order valence-corrected chi connectivity index (χ1v) is 3.38. The Morgan fingerprint density at radius 2 is 2.17 bits per heavy atom. The van der Waals surface area contributed by atoms with Gasteiger partial charge in [0.2, 0.25) is 0 Å². The Balaban J connectivity index is 3.85. The third-order valence-corrected chi connectivity index (χ3v) is 1.05. The van der Waals surface area contributed by atoms with Crippen LogP contribution in [0.1, 0.15) is 6.92 Å². The smallest absolute Gasteiger partial charge is 0.407 e. The van der Waals surface area contributed by atoms with E-state index in [1.807, 2.05) is 5.32 Å². The maximum Gasteiger partial charge on any atom is 0.407 e. The largest absolute Gasteiger partial charge is 0.480 e. The molecule has 0 heterocycles. The zero-order valence-electron chi connectivity index (χ0n) is 6.61. The second-order valence-corrected chi connectivity index (χ2v) is 1.94. The molecule has 0 rings (SSSR count). The fraction of sp³-hybridized carbons (Fsp3) is 0.667. The summed E-state index contributed by atoms with van der Waals surface area (Å²) in [7, 11) is 0. The van der Waals surface area contributed by atoms with E-state index in [2.05, 4.69) is 4.74 Å². The maximum absolute atomic E-state index is 10.6. The van der Waals surface area contributed by atoms with Crippen molar-refractivity contribution in [3.8, 4) is 0 Å². The number of carbonyl (C=O) groups excluding carboxylic acids is 1. The number of carboxylic acids is 1. The molecule has 0 fully saturated rings. The number of aliphatic hydroxyl groups excluding tert-OH is 1. The van der Waals surface area contributed by atoms with E-state index in [1.54, 1.807) is 6.92 Å². The second kappa shape index (κ2) is 5.36. The first-order chi connectivity index (χ1) is 5.61. The fourth-order valence-corrected chi connectivity index (χ4v) is 0.500. The minimum Gasteiger partial charge on any atom is -0.480 e. The molecule has 12 heavy (non-hydrogen) atoms. The number of nitrogens with one attached hydrogen (secondary N) is 1. The van der Waals surface area contributed by atoms with Crippen molar-refractivity contribution in [1.82, 2.24) is 5.32 Å². The molecule has 3 N–H and O–H groups in total. The summed E-state index contributed by atoms with van der Waals surface area (Å²) in [5.41, 5.74) is 0. The van der Waals surface area contributed by atoms with Gasteiger partial charge in [0.25, 0.3) is 0 Å². The molecular formula is C6H11NO5. The zero-order valence-corrected chi connectivity index (χ0v) is 6.61. The Kier molecular flexibility index (Phi) is 4.78. The highest BCUT2D eigenvalue weighted by molar-refractivity contribution is 5.79. The van der Waals surface area contributed by atoms with E-state index in [4.69, 9.17) is 10.2 Å². The summed E-state index contributed by atoms with van der Waals surface area (Å²) in [5, 5.41) is 18.8. The van der Waals surface area contributed by atoms with Gasteiger partial charge in [0.15, 0.2) is 6.04 Å². The van der Waals surface area contributed by atoms with E-state index in [0.717, 1.165) is 0 Å². The molecule has 0 saturated heterocycles. The van der Waals surface area contributed by atoms with Gasteiger partial charge in [-0.25, -0.2) is 9.59 Å². The molecule has 0 saturated carbocycles. The molecule has 6 nitrogen and oxygen atoms in total. The van der Waals surface area contributed by atoms with Crippen LogP contribution in [0.25, 0.3) is 0 Å². The number of aliphatic carboxylic acids is 1. The van der Waals surface area contributed by atoms with Gasteiger partial charge in [-0.1, -0.05) is 0 Å². The van der Waals surface area contributed by atoms with Crippen molar-refractivity contribution >= 4 is 12.1 Å². The van der Waals surface area contributed by atoms with Crippen LogP contribution in [0, 0.1) is 0 Å². The molecule has 0 aromatic carbocycles. The van der Waals surface area contributed by atoms with Crippen molar-refractivity contribution < 1.29 is 24.5 Å². The Hall–Kier alpha value is -1.30. The molecule has 0 bridgehead atoms. The molecule has 0 radical (unpaired) electrons. The predicted octanol–water partition coefficient (Wildman–Crippen LogP) is -0.822. The van der Waals surface area contributed by atoms with E-state index in [1.165, 1.54) is 0 Å². The summed E-state index contributed by atoms with van der Waals surface area (Å²) in [6.45, 7) is 1.09. The van der Waals surface area contributed by atoms with E-state index >= 15 is 0 Å². The quantitative estimate of drug-likeness (QED) is 0.521. The first kappa shape index (κ1) is 10.7. The normalized spacial score (nSPS) is 11.8. The Morgan fingerprint density at radius 3 is 2.50 bits per heavy atom. The molecule has 1 amide bonds. The average Bonchev–Trinajstić information content (AvgIpc) is 2.00. The van der Waals surface area contributed by atoms with Crippen LogP contribution in [0.4, 0.5) is 4.79 Å². The average molecular weight is 177 g/mol. The van der Waals surface area contributed by atoms with Crippen molar-refractivity contribution in [2.45, 2.75) is 13.0 Å². The zero-order chi connectivity index (χ0) is 9.56. The van der Waals surface area contributed by atoms with Gasteiger partial charge in [-0.05, 0) is 6.92 Å². The summed E-state index contributed by atoms with van der Waals surface area (Å²) in [5.74, 6) is -1.30. The Bertz CT molecular complexity index is 169. The van der Waals surface area contributed by atoms with Gasteiger partial charge in [0, 0.05) is 0 Å². The number of rotatable bonds is 4. The summed E-state index contributed by atoms with van der Waals surface area (Å²) >= 11 is 0. The van der Waals surface area contributed by atoms with Crippen molar-refractivity contribution in [3.63, 3.8) is 0 Å². The summed E-state index contributed by atoms with van der Waals surface area (Å²) < 4.78 is 4.40. The molecule has 1 unspecified atom stereocenters. The molecule has 0 aliphatic carbocycles. The lowest BCUT2D eigenvalue weighted by molar-refractivity contribution is -0.140. The highest BCUT2D eigenvalue weighted by atomic mass is 16.5. The number of carboxylic acid groups (broad SMARTS) is 1. The van der Waals surface area contributed by atoms with Gasteiger partial charge in [-0.3, -0.25) is 0 Å². The molecule has 0 aliphatic rings. The Morgan fingerprint density at radius 1 is 1.58 bits per heavy atom. The minimum atomic E-state index is -1.30. The molecule has 0 spiro atoms. The maximum atomic E-state index is 10.6. The topological polar surface area (TPSA) is 95.9 Å². The third kappa shape index (κ3) is 3.77. The third-order valence-electron chi connectivity index (χ3n) is 1.05. The molecule has 0 aromatic rings. The van der Waals surface area contributed by atoms with Crippen LogP contribution >= 0.6 is 0 Å². The fourth-order valence-electron chi connectivity index (χ4n) is 0.500. The van der Waals surface area contributed by atoms with Crippen LogP contribution in [0.5, 0.6) is 0 Å². The van der Waals surface area contributed by atoms with Crippen LogP contribution in [0.15, 0.2) is 0 Å². The van der Waals surface area contributed by atoms with E-state index in [9.17, 15) is 9.59 Å². The van der Waals surface area contributed by atoms with E-state index in [0.29, 0.717) is 0 Å². The highest BCUT2D eigenvalue weighted by Crippen LogP contribution is 1.84. The lowest BCUT2D eigenvalue weighted by Crippen LogP contribution is -2.43. The van der Waals surface area contributed by atoms with Crippen LogP contribution in [-0.4, -0.2) is 41.5 Å². The number of hydrogen-bond acceptors (Lipinski definition) is 4. The van der Waals surface area contributed by atoms with Crippen LogP contribution in [0.3, 0.4) is 0 Å². The van der Waals surface area contributed by atoms with E-state index in [-0.39, 0.29) is 6.61 Å². The van der Waals surface area contributed by atoms with Crippen LogP contribution in [0.2, 0.25) is 0 Å². The molecule has 0 aliphatic heterocycles. The number of aliphatic hydroxyl groups is 1. The highest BCUT2D eigenvalue weighted by Gasteiger charge is 2.18. The number of hydrogen-bond donors (Lipinski definition) is 3. The van der Waals surface area contributed by atoms with Crippen LogP contribution < -0.4 is 5.32 Å².